The molecule has 0 spiro atoms. The van der Waals surface area contributed by atoms with Gasteiger partial charge in [0.2, 0.25) is 0 Å². The van der Waals surface area contributed by atoms with E-state index >= 15 is 0 Å². The Hall–Kier alpha value is -1.55. The van der Waals surface area contributed by atoms with E-state index in [0.717, 1.165) is 25.4 Å². The lowest BCUT2D eigenvalue weighted by atomic mass is 10.2. The van der Waals surface area contributed by atoms with Crippen molar-refractivity contribution < 1.29 is 9.53 Å². The van der Waals surface area contributed by atoms with Crippen molar-refractivity contribution in [1.82, 2.24) is 10.2 Å². The van der Waals surface area contributed by atoms with Gasteiger partial charge in [0.05, 0.1) is 0 Å². The molecule has 1 fully saturated rings. The number of ether oxygens (including phenoxy) is 1. The number of nitrogens with zero attached hydrogens (tertiary/aromatic N) is 1. The van der Waals surface area contributed by atoms with Gasteiger partial charge in [-0.05, 0) is 32.9 Å². The lowest BCUT2D eigenvalue weighted by Crippen LogP contribution is -2.55. The third-order valence-corrected chi connectivity index (χ3v) is 3.47. The smallest absolute Gasteiger partial charge is 0.263 e. The summed E-state index contributed by atoms with van der Waals surface area (Å²) in [6, 6.07) is 8.01. The van der Waals surface area contributed by atoms with Gasteiger partial charge in [-0.1, -0.05) is 17.7 Å². The average molecular weight is 262 g/mol. The second-order valence-electron chi connectivity index (χ2n) is 5.16. The Bertz CT molecular complexity index is 430. The van der Waals surface area contributed by atoms with E-state index in [0.29, 0.717) is 0 Å². The molecule has 1 amide bonds. The number of carbonyl (C=O) groups excluding carboxylic acids is 1. The highest BCUT2D eigenvalue weighted by Crippen LogP contribution is 2.15. The van der Waals surface area contributed by atoms with Crippen LogP contribution in [0.2, 0.25) is 0 Å². The molecule has 2 atom stereocenters. The molecule has 0 aliphatic carbocycles. The van der Waals surface area contributed by atoms with Gasteiger partial charge in [-0.3, -0.25) is 4.79 Å². The first-order valence-corrected chi connectivity index (χ1v) is 6.82. The Morgan fingerprint density at radius 1 is 1.42 bits per heavy atom. The molecule has 4 nitrogen and oxygen atoms in total. The number of hydrogen-bond donors (Lipinski definition) is 1. The zero-order valence-electron chi connectivity index (χ0n) is 11.8. The van der Waals surface area contributed by atoms with E-state index in [2.05, 4.69) is 12.2 Å². The highest BCUT2D eigenvalue weighted by atomic mass is 16.5. The monoisotopic (exact) mass is 262 g/mol. The summed E-state index contributed by atoms with van der Waals surface area (Å²) in [5.74, 6) is 0.809. The third kappa shape index (κ3) is 3.47. The minimum Gasteiger partial charge on any atom is -0.481 e. The van der Waals surface area contributed by atoms with Crippen LogP contribution in [0.3, 0.4) is 0 Å². The Labute approximate surface area is 114 Å². The molecular formula is C15H22N2O2. The molecule has 2 rings (SSSR count). The van der Waals surface area contributed by atoms with E-state index in [1.54, 1.807) is 0 Å². The number of amides is 1. The molecule has 0 saturated carbocycles. The molecule has 19 heavy (non-hydrogen) atoms. The fraction of sp³-hybridized carbons (Fsp3) is 0.533. The molecule has 4 heteroatoms. The molecule has 0 radical (unpaired) electrons. The SMILES string of the molecule is Cc1ccc(OC(C)C(=O)N2CCNCC2C)cc1. The van der Waals surface area contributed by atoms with Crippen molar-refractivity contribution in [2.24, 2.45) is 0 Å². The van der Waals surface area contributed by atoms with Crippen molar-refractivity contribution in [3.05, 3.63) is 29.8 Å². The van der Waals surface area contributed by atoms with Crippen LogP contribution >= 0.6 is 0 Å². The van der Waals surface area contributed by atoms with Gasteiger partial charge in [-0.15, -0.1) is 0 Å². The highest BCUT2D eigenvalue weighted by Gasteiger charge is 2.27. The van der Waals surface area contributed by atoms with Crippen LogP contribution in [0.25, 0.3) is 0 Å². The molecule has 1 heterocycles. The van der Waals surface area contributed by atoms with Crippen molar-refractivity contribution in [3.63, 3.8) is 0 Å². The summed E-state index contributed by atoms with van der Waals surface area (Å²) in [6.07, 6.45) is -0.441. The minimum absolute atomic E-state index is 0.0644. The topological polar surface area (TPSA) is 41.6 Å². The third-order valence-electron chi connectivity index (χ3n) is 3.47. The van der Waals surface area contributed by atoms with Crippen molar-refractivity contribution in [2.75, 3.05) is 19.6 Å². The van der Waals surface area contributed by atoms with Gasteiger partial charge >= 0.3 is 0 Å². The summed E-state index contributed by atoms with van der Waals surface area (Å²) in [6.45, 7) is 8.36. The standard InChI is InChI=1S/C15H22N2O2/c1-11-4-6-14(7-5-11)19-13(3)15(18)17-9-8-16-10-12(17)2/h4-7,12-13,16H,8-10H2,1-3H3. The van der Waals surface area contributed by atoms with Gasteiger partial charge in [-0.25, -0.2) is 0 Å². The van der Waals surface area contributed by atoms with E-state index in [9.17, 15) is 4.79 Å². The molecule has 2 unspecified atom stereocenters. The van der Waals surface area contributed by atoms with E-state index in [1.807, 2.05) is 43.0 Å². The molecule has 1 aliphatic rings. The van der Waals surface area contributed by atoms with Crippen LogP contribution in [0.5, 0.6) is 5.75 Å². The zero-order chi connectivity index (χ0) is 13.8. The number of rotatable bonds is 3. The van der Waals surface area contributed by atoms with Gasteiger partial charge in [0.25, 0.3) is 5.91 Å². The van der Waals surface area contributed by atoms with Crippen LogP contribution in [0.4, 0.5) is 0 Å². The number of aryl methyl sites for hydroxylation is 1. The van der Waals surface area contributed by atoms with Gasteiger partial charge in [0.1, 0.15) is 5.75 Å². The largest absolute Gasteiger partial charge is 0.481 e. The van der Waals surface area contributed by atoms with Crippen LogP contribution in [0, 0.1) is 6.92 Å². The van der Waals surface area contributed by atoms with E-state index in [1.165, 1.54) is 5.56 Å². The average Bonchev–Trinajstić information content (AvgIpc) is 2.41. The maximum Gasteiger partial charge on any atom is 0.263 e. The maximum atomic E-state index is 12.4. The first-order chi connectivity index (χ1) is 9.08. The van der Waals surface area contributed by atoms with E-state index in [4.69, 9.17) is 4.74 Å². The number of hydrogen-bond acceptors (Lipinski definition) is 3. The predicted molar refractivity (Wildman–Crippen MR) is 75.3 cm³/mol. The summed E-state index contributed by atoms with van der Waals surface area (Å²) in [5.41, 5.74) is 1.18. The Morgan fingerprint density at radius 3 is 2.74 bits per heavy atom. The fourth-order valence-corrected chi connectivity index (χ4v) is 2.27. The van der Waals surface area contributed by atoms with Crippen molar-refractivity contribution >= 4 is 5.91 Å². The number of carbonyl (C=O) groups is 1. The van der Waals surface area contributed by atoms with E-state index in [-0.39, 0.29) is 11.9 Å². The van der Waals surface area contributed by atoms with Crippen LogP contribution in [-0.4, -0.2) is 42.6 Å². The molecule has 0 aromatic heterocycles. The highest BCUT2D eigenvalue weighted by molar-refractivity contribution is 5.81. The van der Waals surface area contributed by atoms with Crippen molar-refractivity contribution in [3.8, 4) is 5.75 Å². The fourth-order valence-electron chi connectivity index (χ4n) is 2.27. The number of nitrogens with one attached hydrogen (secondary N) is 1. The lowest BCUT2D eigenvalue weighted by Gasteiger charge is -2.35. The number of piperazine rings is 1. The molecular weight excluding hydrogens is 240 g/mol. The van der Waals surface area contributed by atoms with Crippen LogP contribution in [-0.2, 0) is 4.79 Å². The molecule has 1 aromatic carbocycles. The van der Waals surface area contributed by atoms with Crippen molar-refractivity contribution in [1.29, 1.82) is 0 Å². The maximum absolute atomic E-state index is 12.4. The number of benzene rings is 1. The second-order valence-corrected chi connectivity index (χ2v) is 5.16. The normalized spacial score (nSPS) is 21.0. The quantitative estimate of drug-likeness (QED) is 0.899. The predicted octanol–water partition coefficient (Wildman–Crippen LogP) is 1.58. The summed E-state index contributed by atoms with van der Waals surface area (Å²) >= 11 is 0. The summed E-state index contributed by atoms with van der Waals surface area (Å²) < 4.78 is 5.72. The van der Waals surface area contributed by atoms with Gasteiger partial charge in [0, 0.05) is 25.7 Å². The summed E-state index contributed by atoms with van der Waals surface area (Å²) in [5, 5.41) is 3.28. The van der Waals surface area contributed by atoms with Gasteiger partial charge in [-0.2, -0.15) is 0 Å². The van der Waals surface area contributed by atoms with Gasteiger partial charge < -0.3 is 15.0 Å². The minimum atomic E-state index is -0.441. The van der Waals surface area contributed by atoms with Crippen LogP contribution in [0.15, 0.2) is 24.3 Å². The van der Waals surface area contributed by atoms with Crippen molar-refractivity contribution in [2.45, 2.75) is 32.9 Å². The van der Waals surface area contributed by atoms with Gasteiger partial charge in [0.15, 0.2) is 6.10 Å². The molecule has 1 saturated heterocycles. The van der Waals surface area contributed by atoms with Crippen LogP contribution < -0.4 is 10.1 Å². The summed E-state index contributed by atoms with van der Waals surface area (Å²) in [7, 11) is 0. The lowest BCUT2D eigenvalue weighted by molar-refractivity contribution is -0.140. The molecule has 1 aromatic rings. The molecule has 104 valence electrons. The Kier molecular flexibility index (Phi) is 4.43. The zero-order valence-corrected chi connectivity index (χ0v) is 11.8. The summed E-state index contributed by atoms with van der Waals surface area (Å²) in [4.78, 5) is 14.3. The molecule has 0 bridgehead atoms. The molecule has 1 N–H and O–H groups in total. The first-order valence-electron chi connectivity index (χ1n) is 6.82. The van der Waals surface area contributed by atoms with Crippen LogP contribution in [0.1, 0.15) is 19.4 Å². The Balaban J connectivity index is 1.96. The Morgan fingerprint density at radius 2 is 2.11 bits per heavy atom. The second kappa shape index (κ2) is 6.06. The molecule has 1 aliphatic heterocycles. The van der Waals surface area contributed by atoms with E-state index < -0.39 is 6.10 Å². The first kappa shape index (κ1) is 13.9.